The van der Waals surface area contributed by atoms with Crippen LogP contribution in [0.15, 0.2) is 36.9 Å². The van der Waals surface area contributed by atoms with E-state index in [4.69, 9.17) is 6.42 Å². The van der Waals surface area contributed by atoms with E-state index in [1.54, 1.807) is 4.90 Å². The van der Waals surface area contributed by atoms with Crippen LogP contribution in [0.5, 0.6) is 0 Å². The summed E-state index contributed by atoms with van der Waals surface area (Å²) in [5, 5.41) is 11.4. The first kappa shape index (κ1) is 39.5. The fourth-order valence-electron chi connectivity index (χ4n) is 8.52. The fourth-order valence-corrected chi connectivity index (χ4v) is 8.52. The highest BCUT2D eigenvalue weighted by Crippen LogP contribution is 2.65. The number of carbonyl (C=O) groups is 6. The maximum absolute atomic E-state index is 14.9. The van der Waals surface area contributed by atoms with Crippen molar-refractivity contribution >= 4 is 35.4 Å². The van der Waals surface area contributed by atoms with Gasteiger partial charge in [0.05, 0.1) is 12.1 Å². The lowest BCUT2D eigenvalue weighted by Gasteiger charge is -2.38. The van der Waals surface area contributed by atoms with E-state index >= 15 is 0 Å². The van der Waals surface area contributed by atoms with E-state index in [0.29, 0.717) is 38.9 Å². The zero-order chi connectivity index (χ0) is 38.7. The van der Waals surface area contributed by atoms with Crippen molar-refractivity contribution in [3.63, 3.8) is 0 Å². The van der Waals surface area contributed by atoms with E-state index in [1.807, 2.05) is 49.9 Å². The van der Waals surface area contributed by atoms with Crippen LogP contribution in [0.25, 0.3) is 0 Å². The van der Waals surface area contributed by atoms with Gasteiger partial charge in [-0.25, -0.2) is 4.79 Å². The Bertz CT molecular complexity index is 1630. The quantitative estimate of drug-likeness (QED) is 0.131. The van der Waals surface area contributed by atoms with Crippen LogP contribution < -0.4 is 21.3 Å². The second-order valence-electron chi connectivity index (χ2n) is 16.8. The molecule has 1 aromatic rings. The Labute approximate surface area is 313 Å². The van der Waals surface area contributed by atoms with Gasteiger partial charge in [-0.15, -0.1) is 18.9 Å². The van der Waals surface area contributed by atoms with Crippen molar-refractivity contribution in [3.05, 3.63) is 48.0 Å². The lowest BCUT2D eigenvalue weighted by molar-refractivity contribution is -0.144. The van der Waals surface area contributed by atoms with E-state index in [0.717, 1.165) is 24.0 Å². The lowest BCUT2D eigenvalue weighted by Crippen LogP contribution is -2.62. The number of rotatable bonds is 14. The Hall–Kier alpha value is -4.66. The molecule has 2 aliphatic heterocycles. The standard InChI is InChI=1S/C41H56N6O6/c1-8-10-17-29(35(49)37(51)42-19-9-2)43-36(50)34-32-28(41(32,6)7)23-47(34)38(52)33(27-21-25-15-11-12-16-26(25)22-27)45-39(53)44-30(40(3,4)5)24-46-20-14-13-18-31(46)48/h1,9,11-12,15-16,27-30,32-34H,2,10,13-14,17-24H2,3-7H3,(H,42,51)(H,43,50)(H2,44,45,53)/t28-,29?,30+,32-,33-,34-/m0/s1. The molecule has 286 valence electrons. The SMILES string of the molecule is C#CCCC(NC(=O)[C@@H]1[C@@H]2[C@H](CN1C(=O)[C@@H](NC(=O)N[C@H](CN1CCCCC1=O)C(C)(C)C)C1Cc3ccccc3C1)C2(C)C)C(=O)C(=O)NCC=C. The van der Waals surface area contributed by atoms with Gasteiger partial charge in [-0.05, 0) is 71.8 Å². The number of ketones is 1. The molecule has 0 radical (unpaired) electrons. The summed E-state index contributed by atoms with van der Waals surface area (Å²) in [6.07, 6.45) is 10.6. The first-order valence-electron chi connectivity index (χ1n) is 19.0. The van der Waals surface area contributed by atoms with Crippen molar-refractivity contribution in [2.75, 3.05) is 26.2 Å². The number of Topliss-reactive ketones (excluding diaryl/α,β-unsaturated/α-hetero) is 1. The van der Waals surface area contributed by atoms with Crippen molar-refractivity contribution < 1.29 is 28.8 Å². The molecule has 4 N–H and O–H groups in total. The topological polar surface area (TPSA) is 157 Å². The van der Waals surface area contributed by atoms with Crippen LogP contribution >= 0.6 is 0 Å². The van der Waals surface area contributed by atoms with E-state index in [9.17, 15) is 28.8 Å². The first-order chi connectivity index (χ1) is 25.1. The summed E-state index contributed by atoms with van der Waals surface area (Å²) in [5.41, 5.74) is 1.60. The highest BCUT2D eigenvalue weighted by Gasteiger charge is 2.70. The molecule has 1 unspecified atom stereocenters. The van der Waals surface area contributed by atoms with Crippen molar-refractivity contribution in [2.24, 2.45) is 28.6 Å². The van der Waals surface area contributed by atoms with Crippen LogP contribution in [0.2, 0.25) is 0 Å². The first-order valence-corrected chi connectivity index (χ1v) is 19.0. The predicted octanol–water partition coefficient (Wildman–Crippen LogP) is 2.75. The summed E-state index contributed by atoms with van der Waals surface area (Å²) in [4.78, 5) is 84.9. The van der Waals surface area contributed by atoms with Crippen LogP contribution in [0.3, 0.4) is 0 Å². The zero-order valence-corrected chi connectivity index (χ0v) is 31.8. The van der Waals surface area contributed by atoms with Crippen LogP contribution in [-0.4, -0.2) is 95.6 Å². The van der Waals surface area contributed by atoms with E-state index in [2.05, 4.69) is 47.6 Å². The Morgan fingerprint density at radius 2 is 1.74 bits per heavy atom. The molecular formula is C41H56N6O6. The van der Waals surface area contributed by atoms with Crippen LogP contribution in [-0.2, 0) is 36.8 Å². The van der Waals surface area contributed by atoms with Gasteiger partial charge in [0.15, 0.2) is 0 Å². The Kier molecular flexibility index (Phi) is 12.0. The van der Waals surface area contributed by atoms with Gasteiger partial charge in [0.1, 0.15) is 12.1 Å². The molecule has 6 atom stereocenters. The van der Waals surface area contributed by atoms with Crippen LogP contribution in [0.1, 0.15) is 77.8 Å². The summed E-state index contributed by atoms with van der Waals surface area (Å²) < 4.78 is 0. The number of nitrogens with zero attached hydrogens (tertiary/aromatic N) is 2. The molecule has 53 heavy (non-hydrogen) atoms. The van der Waals surface area contributed by atoms with Crippen LogP contribution in [0, 0.1) is 40.9 Å². The monoisotopic (exact) mass is 728 g/mol. The minimum atomic E-state index is -1.17. The van der Waals surface area contributed by atoms with E-state index in [-0.39, 0.29) is 65.8 Å². The maximum Gasteiger partial charge on any atom is 0.315 e. The van der Waals surface area contributed by atoms with Gasteiger partial charge in [-0.1, -0.05) is 65.0 Å². The molecular weight excluding hydrogens is 672 g/mol. The number of hydrogen-bond donors (Lipinski definition) is 4. The number of fused-ring (bicyclic) bond motifs is 2. The molecule has 4 aliphatic rings. The van der Waals surface area contributed by atoms with Gasteiger partial charge in [0.2, 0.25) is 23.5 Å². The minimum Gasteiger partial charge on any atom is -0.346 e. The van der Waals surface area contributed by atoms with Gasteiger partial charge in [0.25, 0.3) is 5.91 Å². The summed E-state index contributed by atoms with van der Waals surface area (Å²) in [6, 6.07) is 4.03. The fraction of sp³-hybridized carbons (Fsp3) is 0.610. The van der Waals surface area contributed by atoms with Crippen molar-refractivity contribution in [1.29, 1.82) is 0 Å². The molecule has 1 saturated carbocycles. The third-order valence-electron chi connectivity index (χ3n) is 11.9. The van der Waals surface area contributed by atoms with Crippen LogP contribution in [0.4, 0.5) is 4.79 Å². The van der Waals surface area contributed by atoms with Crippen molar-refractivity contribution in [2.45, 2.75) is 104 Å². The predicted molar refractivity (Wildman–Crippen MR) is 201 cm³/mol. The van der Waals surface area contributed by atoms with Crippen molar-refractivity contribution in [1.82, 2.24) is 31.1 Å². The molecule has 0 spiro atoms. The van der Waals surface area contributed by atoms with Gasteiger partial charge in [-0.3, -0.25) is 24.0 Å². The molecule has 2 aliphatic carbocycles. The third kappa shape index (κ3) is 8.77. The largest absolute Gasteiger partial charge is 0.346 e. The molecule has 0 bridgehead atoms. The Balaban J connectivity index is 1.39. The minimum absolute atomic E-state index is 0.0422. The molecule has 0 aromatic heterocycles. The number of nitrogens with one attached hydrogen (secondary N) is 4. The number of benzene rings is 1. The average molecular weight is 729 g/mol. The van der Waals surface area contributed by atoms with Gasteiger partial charge in [0, 0.05) is 39.0 Å². The van der Waals surface area contributed by atoms with Gasteiger partial charge in [-0.2, -0.15) is 0 Å². The smallest absolute Gasteiger partial charge is 0.315 e. The number of hydrogen-bond acceptors (Lipinski definition) is 6. The number of carbonyl (C=O) groups excluding carboxylic acids is 6. The maximum atomic E-state index is 14.9. The van der Waals surface area contributed by atoms with Gasteiger partial charge < -0.3 is 31.1 Å². The lowest BCUT2D eigenvalue weighted by atomic mass is 9.86. The number of piperidine rings is 2. The van der Waals surface area contributed by atoms with E-state index in [1.165, 1.54) is 6.08 Å². The highest BCUT2D eigenvalue weighted by molar-refractivity contribution is 6.38. The summed E-state index contributed by atoms with van der Waals surface area (Å²) >= 11 is 0. The zero-order valence-electron chi connectivity index (χ0n) is 31.8. The Morgan fingerprint density at radius 1 is 1.06 bits per heavy atom. The number of terminal acetylenes is 1. The molecule has 1 aromatic carbocycles. The van der Waals surface area contributed by atoms with E-state index < -0.39 is 41.8 Å². The number of likely N-dealkylation sites (tertiary alicyclic amines) is 2. The number of amides is 6. The average Bonchev–Trinajstić information content (AvgIpc) is 3.47. The summed E-state index contributed by atoms with van der Waals surface area (Å²) in [5.74, 6) is -0.425. The summed E-state index contributed by atoms with van der Waals surface area (Å²) in [7, 11) is 0. The second-order valence-corrected chi connectivity index (χ2v) is 16.8. The third-order valence-corrected chi connectivity index (χ3v) is 11.9. The molecule has 6 amide bonds. The number of urea groups is 1. The molecule has 2 saturated heterocycles. The normalized spacial score (nSPS) is 23.4. The highest BCUT2D eigenvalue weighted by atomic mass is 16.2. The molecule has 2 heterocycles. The Morgan fingerprint density at radius 3 is 2.34 bits per heavy atom. The summed E-state index contributed by atoms with van der Waals surface area (Å²) in [6.45, 7) is 15.1. The molecule has 12 nitrogen and oxygen atoms in total. The molecule has 5 rings (SSSR count). The van der Waals surface area contributed by atoms with Gasteiger partial charge >= 0.3 is 6.03 Å². The molecule has 12 heteroatoms. The molecule has 3 fully saturated rings. The van der Waals surface area contributed by atoms with Crippen molar-refractivity contribution in [3.8, 4) is 12.3 Å². The second kappa shape index (κ2) is 16.1.